The standard InChI is InChI=1S/C39H30N4O4S2/c1-3-4-5-6-7-8-9-21-11-17-29(47-21)31-19-27-39(49-31)43-35(41-27)23-13-14-24-32-22(12-15-25(33(23)32)37(43)45)34-40-26-18-30(28-16-10-20(2)46-28)48-38(26)42(34)36(24)44/h10-19H,3-9H2,1-2H3. The molecule has 0 aliphatic carbocycles. The van der Waals surface area contributed by atoms with Gasteiger partial charge < -0.3 is 8.83 Å². The molecule has 0 bridgehead atoms. The van der Waals surface area contributed by atoms with E-state index in [1.54, 1.807) is 8.80 Å². The highest BCUT2D eigenvalue weighted by molar-refractivity contribution is 7.22. The Bertz CT molecular complexity index is 3010. The molecule has 242 valence electrons. The Morgan fingerprint density at radius 2 is 1.16 bits per heavy atom. The molecule has 49 heavy (non-hydrogen) atoms. The van der Waals surface area contributed by atoms with Crippen LogP contribution in [0.15, 0.2) is 79.1 Å². The minimum absolute atomic E-state index is 0.147. The quantitative estimate of drug-likeness (QED) is 0.111. The summed E-state index contributed by atoms with van der Waals surface area (Å²) < 4.78 is 15.5. The fourth-order valence-electron chi connectivity index (χ4n) is 7.48. The highest BCUT2D eigenvalue weighted by Gasteiger charge is 2.24. The van der Waals surface area contributed by atoms with Crippen molar-refractivity contribution in [1.82, 2.24) is 18.8 Å². The zero-order valence-corrected chi connectivity index (χ0v) is 28.6. The number of rotatable bonds is 9. The molecule has 0 saturated heterocycles. The van der Waals surface area contributed by atoms with Crippen LogP contribution in [0.4, 0.5) is 0 Å². The predicted octanol–water partition coefficient (Wildman–Crippen LogP) is 10.2. The number of thiophene rings is 2. The normalized spacial score (nSPS) is 12.6. The molecule has 0 spiro atoms. The number of nitrogens with zero attached hydrogens (tertiary/aromatic N) is 4. The van der Waals surface area contributed by atoms with Crippen LogP contribution >= 0.6 is 22.7 Å². The first kappa shape index (κ1) is 28.9. The monoisotopic (exact) mass is 682 g/mol. The number of aromatic nitrogens is 4. The second-order valence-corrected chi connectivity index (χ2v) is 15.1. The zero-order chi connectivity index (χ0) is 33.0. The molecule has 0 radical (unpaired) electrons. The summed E-state index contributed by atoms with van der Waals surface area (Å²) in [5.41, 5.74) is 2.38. The smallest absolute Gasteiger partial charge is 0.265 e. The minimum atomic E-state index is -0.154. The molecule has 8 heterocycles. The molecular weight excluding hydrogens is 653 g/mol. The molecule has 10 rings (SSSR count). The third-order valence-electron chi connectivity index (χ3n) is 9.84. The van der Waals surface area contributed by atoms with E-state index in [9.17, 15) is 9.59 Å². The number of benzene rings is 2. The summed E-state index contributed by atoms with van der Waals surface area (Å²) in [7, 11) is 0. The van der Waals surface area contributed by atoms with E-state index in [1.165, 1.54) is 54.8 Å². The van der Waals surface area contributed by atoms with Crippen molar-refractivity contribution in [3.8, 4) is 21.3 Å². The molecule has 0 atom stereocenters. The second kappa shape index (κ2) is 10.7. The summed E-state index contributed by atoms with van der Waals surface area (Å²) in [6.07, 6.45) is 8.41. The lowest BCUT2D eigenvalue weighted by atomic mass is 9.96. The number of hydrogen-bond acceptors (Lipinski definition) is 8. The molecule has 0 fully saturated rings. The van der Waals surface area contributed by atoms with Gasteiger partial charge in [0.1, 0.15) is 55.0 Å². The van der Waals surface area contributed by atoms with E-state index in [-0.39, 0.29) is 11.1 Å². The van der Waals surface area contributed by atoms with Crippen molar-refractivity contribution in [3.05, 3.63) is 92.9 Å². The molecule has 0 N–H and O–H groups in total. The number of aryl methyl sites for hydroxylation is 2. The van der Waals surface area contributed by atoms with E-state index in [0.29, 0.717) is 22.1 Å². The van der Waals surface area contributed by atoms with Crippen LogP contribution in [0, 0.1) is 6.92 Å². The predicted molar refractivity (Wildman–Crippen MR) is 199 cm³/mol. The Morgan fingerprint density at radius 1 is 0.633 bits per heavy atom. The van der Waals surface area contributed by atoms with E-state index in [0.717, 1.165) is 87.9 Å². The van der Waals surface area contributed by atoms with Crippen LogP contribution in [0.5, 0.6) is 0 Å². The average Bonchev–Trinajstić information content (AvgIpc) is 3.93. The molecule has 0 aliphatic rings. The lowest BCUT2D eigenvalue weighted by Crippen LogP contribution is -2.16. The molecule has 0 aliphatic heterocycles. The van der Waals surface area contributed by atoms with Gasteiger partial charge in [-0.3, -0.25) is 9.59 Å². The van der Waals surface area contributed by atoms with Crippen molar-refractivity contribution in [2.75, 3.05) is 0 Å². The van der Waals surface area contributed by atoms with E-state index < -0.39 is 0 Å². The first-order chi connectivity index (χ1) is 24.0. The van der Waals surface area contributed by atoms with Gasteiger partial charge in [-0.2, -0.15) is 0 Å². The Hall–Kier alpha value is -5.06. The molecular formula is C39H30N4O4S2. The maximum absolute atomic E-state index is 14.3. The molecule has 8 nitrogen and oxygen atoms in total. The number of furan rings is 2. The number of unbranched alkanes of at least 4 members (excludes halogenated alkanes) is 5. The average molecular weight is 683 g/mol. The molecule has 8 aromatic heterocycles. The molecule has 0 amide bonds. The lowest BCUT2D eigenvalue weighted by Gasteiger charge is -2.11. The van der Waals surface area contributed by atoms with Crippen LogP contribution in [0.1, 0.15) is 57.0 Å². The largest absolute Gasteiger partial charge is 0.461 e. The Labute approximate surface area is 286 Å². The van der Waals surface area contributed by atoms with Gasteiger partial charge in [-0.05, 0) is 74.0 Å². The Morgan fingerprint density at radius 3 is 1.73 bits per heavy atom. The molecule has 0 saturated carbocycles. The van der Waals surface area contributed by atoms with E-state index in [1.807, 2.05) is 61.5 Å². The molecule has 10 heteroatoms. The van der Waals surface area contributed by atoms with Gasteiger partial charge in [0.25, 0.3) is 11.1 Å². The van der Waals surface area contributed by atoms with Gasteiger partial charge in [0.05, 0.1) is 9.75 Å². The third-order valence-corrected chi connectivity index (χ3v) is 12.1. The fraction of sp³-hybridized carbons (Fsp3) is 0.231. The first-order valence-electron chi connectivity index (χ1n) is 16.9. The van der Waals surface area contributed by atoms with Gasteiger partial charge in [0.2, 0.25) is 0 Å². The lowest BCUT2D eigenvalue weighted by molar-refractivity contribution is 0.503. The minimum Gasteiger partial charge on any atom is -0.461 e. The first-order valence-corrected chi connectivity index (χ1v) is 18.5. The van der Waals surface area contributed by atoms with Gasteiger partial charge in [-0.15, -0.1) is 22.7 Å². The Balaban J connectivity index is 1.09. The van der Waals surface area contributed by atoms with Crippen molar-refractivity contribution < 1.29 is 8.83 Å². The van der Waals surface area contributed by atoms with Crippen LogP contribution in [-0.4, -0.2) is 18.8 Å². The number of fused-ring (bicyclic) bond motifs is 8. The summed E-state index contributed by atoms with van der Waals surface area (Å²) in [6.45, 7) is 4.15. The van der Waals surface area contributed by atoms with Gasteiger partial charge in [0, 0.05) is 38.7 Å². The van der Waals surface area contributed by atoms with Crippen LogP contribution in [0.25, 0.3) is 85.6 Å². The summed E-state index contributed by atoms with van der Waals surface area (Å²) in [4.78, 5) is 41.8. The molecule has 10 aromatic rings. The second-order valence-electron chi connectivity index (χ2n) is 13.0. The highest BCUT2D eigenvalue weighted by atomic mass is 32.1. The number of hydrogen-bond donors (Lipinski definition) is 0. The maximum atomic E-state index is 14.3. The Kier molecular flexibility index (Phi) is 6.32. The van der Waals surface area contributed by atoms with Gasteiger partial charge in [-0.25, -0.2) is 18.8 Å². The number of pyridine rings is 2. The third kappa shape index (κ3) is 4.20. The van der Waals surface area contributed by atoms with E-state index in [2.05, 4.69) is 13.0 Å². The highest BCUT2D eigenvalue weighted by Crippen LogP contribution is 2.41. The SMILES string of the molecule is CCCCCCCCc1ccc(-c2cc3nc4c5ccc6c(=O)n7c(nc8cc(-c9ccc(C)o9)sc87)c7ccc(c(=O)n4c3s2)c5c67)o1. The van der Waals surface area contributed by atoms with Crippen molar-refractivity contribution in [3.63, 3.8) is 0 Å². The van der Waals surface area contributed by atoms with Gasteiger partial charge >= 0.3 is 0 Å². The summed E-state index contributed by atoms with van der Waals surface area (Å²) >= 11 is 3.01. The number of imidazole rings is 2. The zero-order valence-electron chi connectivity index (χ0n) is 27.0. The van der Waals surface area contributed by atoms with Crippen molar-refractivity contribution >= 4 is 87.0 Å². The van der Waals surface area contributed by atoms with E-state index >= 15 is 0 Å². The van der Waals surface area contributed by atoms with Crippen molar-refractivity contribution in [2.24, 2.45) is 0 Å². The molecule has 2 aromatic carbocycles. The van der Waals surface area contributed by atoms with Crippen LogP contribution in [0.2, 0.25) is 0 Å². The van der Waals surface area contributed by atoms with E-state index in [4.69, 9.17) is 18.8 Å². The van der Waals surface area contributed by atoms with Gasteiger partial charge in [0.15, 0.2) is 0 Å². The van der Waals surface area contributed by atoms with Crippen LogP contribution < -0.4 is 11.1 Å². The van der Waals surface area contributed by atoms with Crippen LogP contribution in [0.3, 0.4) is 0 Å². The summed E-state index contributed by atoms with van der Waals surface area (Å²) in [6, 6.07) is 19.6. The van der Waals surface area contributed by atoms with Gasteiger partial charge in [-0.1, -0.05) is 39.0 Å². The maximum Gasteiger partial charge on any atom is 0.265 e. The summed E-state index contributed by atoms with van der Waals surface area (Å²) in [5, 5.41) is 4.30. The van der Waals surface area contributed by atoms with Crippen molar-refractivity contribution in [2.45, 2.75) is 58.8 Å². The topological polar surface area (TPSA) is 95.0 Å². The summed E-state index contributed by atoms with van der Waals surface area (Å²) in [5.74, 6) is 3.39. The molecule has 0 unspecified atom stereocenters. The fourth-order valence-corrected chi connectivity index (χ4v) is 9.60. The van der Waals surface area contributed by atoms with Crippen LogP contribution in [-0.2, 0) is 6.42 Å². The van der Waals surface area contributed by atoms with Crippen molar-refractivity contribution in [1.29, 1.82) is 0 Å².